The van der Waals surface area contributed by atoms with E-state index in [4.69, 9.17) is 14.6 Å². The highest BCUT2D eigenvalue weighted by Gasteiger charge is 2.38. The largest absolute Gasteiger partial charge is 0.497 e. The van der Waals surface area contributed by atoms with Crippen molar-refractivity contribution in [2.45, 2.75) is 24.9 Å². The van der Waals surface area contributed by atoms with E-state index in [1.54, 1.807) is 32.2 Å². The number of benzene rings is 3. The molecule has 0 spiro atoms. The van der Waals surface area contributed by atoms with Crippen molar-refractivity contribution in [1.29, 1.82) is 0 Å². The van der Waals surface area contributed by atoms with Crippen LogP contribution >= 0.6 is 0 Å². The van der Waals surface area contributed by atoms with E-state index >= 15 is 0 Å². The molecule has 42 heavy (non-hydrogen) atoms. The summed E-state index contributed by atoms with van der Waals surface area (Å²) in [6.07, 6.45) is -5.08. The average molecular weight is 610 g/mol. The van der Waals surface area contributed by atoms with Gasteiger partial charge in [0.2, 0.25) is 0 Å². The van der Waals surface area contributed by atoms with Crippen LogP contribution in [0.3, 0.4) is 0 Å². The SMILES string of the molecule is COc1cccc(N2CCN(c3ccc(NS(=O)(=O)c4cc(C)ccc4C)c(C(=O)O)c3)CC2)c1.O=C(O)C(F)(F)F. The zero-order valence-electron chi connectivity index (χ0n) is 23.0. The van der Waals surface area contributed by atoms with Gasteiger partial charge >= 0.3 is 18.1 Å². The predicted octanol–water partition coefficient (Wildman–Crippen LogP) is 4.77. The van der Waals surface area contributed by atoms with Gasteiger partial charge in [0, 0.05) is 43.6 Å². The Kier molecular flexibility index (Phi) is 9.94. The maximum absolute atomic E-state index is 13.0. The van der Waals surface area contributed by atoms with Gasteiger partial charge in [-0.05, 0) is 61.4 Å². The summed E-state index contributed by atoms with van der Waals surface area (Å²) in [7, 11) is -2.31. The Labute approximate surface area is 241 Å². The number of hydrogen-bond donors (Lipinski definition) is 3. The average Bonchev–Trinajstić information content (AvgIpc) is 2.94. The summed E-state index contributed by atoms with van der Waals surface area (Å²) in [5, 5.41) is 16.9. The molecule has 10 nitrogen and oxygen atoms in total. The van der Waals surface area contributed by atoms with Gasteiger partial charge in [-0.25, -0.2) is 18.0 Å². The third kappa shape index (κ3) is 8.06. The Hall–Kier alpha value is -4.46. The topological polar surface area (TPSA) is 136 Å². The number of ether oxygens (including phenoxy) is 1. The number of carboxylic acids is 2. The molecular formula is C28H30F3N3O7S. The highest BCUT2D eigenvalue weighted by molar-refractivity contribution is 7.92. The third-order valence-electron chi connectivity index (χ3n) is 6.42. The van der Waals surface area contributed by atoms with Crippen molar-refractivity contribution in [2.24, 2.45) is 0 Å². The second kappa shape index (κ2) is 13.0. The van der Waals surface area contributed by atoms with Crippen LogP contribution in [0.2, 0.25) is 0 Å². The van der Waals surface area contributed by atoms with Gasteiger partial charge in [-0.1, -0.05) is 18.2 Å². The molecule has 0 saturated carbocycles. The van der Waals surface area contributed by atoms with Gasteiger partial charge in [0.05, 0.1) is 23.3 Å². The Bertz CT molecular complexity index is 1550. The standard InChI is InChI=1S/C26H29N3O5S.C2HF3O2/c1-18-7-8-19(2)25(15-18)35(32,33)27-24-10-9-21(17-23(24)26(30)31)29-13-11-28(12-14-29)20-5-4-6-22(16-20)34-3;3-2(4,5)1(6)7/h4-10,15-17,27H,11-14H2,1-3H3,(H,30,31);(H,6,7). The number of halogens is 3. The Morgan fingerprint density at radius 3 is 1.98 bits per heavy atom. The molecule has 4 rings (SSSR count). The summed E-state index contributed by atoms with van der Waals surface area (Å²) in [4.78, 5) is 25.4. The van der Waals surface area contributed by atoms with Gasteiger partial charge in [0.25, 0.3) is 10.0 Å². The van der Waals surface area contributed by atoms with Crippen LogP contribution in [-0.4, -0.2) is 70.0 Å². The van der Waals surface area contributed by atoms with Crippen molar-refractivity contribution < 1.29 is 46.1 Å². The fourth-order valence-electron chi connectivity index (χ4n) is 4.22. The van der Waals surface area contributed by atoms with Gasteiger partial charge in [0.15, 0.2) is 0 Å². The van der Waals surface area contributed by atoms with Gasteiger partial charge in [-0.3, -0.25) is 4.72 Å². The van der Waals surface area contributed by atoms with E-state index in [2.05, 4.69) is 14.5 Å². The van der Waals surface area contributed by atoms with Crippen molar-refractivity contribution in [3.8, 4) is 5.75 Å². The molecule has 226 valence electrons. The minimum atomic E-state index is -5.08. The number of aliphatic carboxylic acids is 1. The summed E-state index contributed by atoms with van der Waals surface area (Å²) in [6.45, 7) is 6.44. The molecule has 0 aliphatic carbocycles. The first-order valence-electron chi connectivity index (χ1n) is 12.5. The number of methoxy groups -OCH3 is 1. The van der Waals surface area contributed by atoms with Crippen molar-refractivity contribution in [2.75, 3.05) is 47.8 Å². The van der Waals surface area contributed by atoms with Crippen LogP contribution in [0.4, 0.5) is 30.2 Å². The zero-order valence-corrected chi connectivity index (χ0v) is 23.8. The monoisotopic (exact) mass is 609 g/mol. The van der Waals surface area contributed by atoms with Gasteiger partial charge in [-0.2, -0.15) is 13.2 Å². The molecule has 1 aliphatic rings. The number of aryl methyl sites for hydroxylation is 2. The smallest absolute Gasteiger partial charge is 0.490 e. The fraction of sp³-hybridized carbons (Fsp3) is 0.286. The number of carbonyl (C=O) groups is 2. The number of alkyl halides is 3. The first kappa shape index (κ1) is 32.1. The number of nitrogens with one attached hydrogen (secondary N) is 1. The maximum Gasteiger partial charge on any atom is 0.490 e. The van der Waals surface area contributed by atoms with Crippen LogP contribution in [0.1, 0.15) is 21.5 Å². The number of anilines is 3. The quantitative estimate of drug-likeness (QED) is 0.346. The molecule has 0 radical (unpaired) electrons. The number of sulfonamides is 1. The van der Waals surface area contributed by atoms with E-state index in [9.17, 15) is 31.5 Å². The highest BCUT2D eigenvalue weighted by atomic mass is 32.2. The van der Waals surface area contributed by atoms with Crippen LogP contribution in [0.25, 0.3) is 0 Å². The lowest BCUT2D eigenvalue weighted by molar-refractivity contribution is -0.192. The molecule has 0 bridgehead atoms. The Morgan fingerprint density at radius 2 is 1.45 bits per heavy atom. The van der Waals surface area contributed by atoms with Crippen LogP contribution in [-0.2, 0) is 14.8 Å². The molecule has 1 aliphatic heterocycles. The van der Waals surface area contributed by atoms with E-state index in [0.29, 0.717) is 18.7 Å². The minimum Gasteiger partial charge on any atom is -0.497 e. The zero-order chi connectivity index (χ0) is 31.2. The summed E-state index contributed by atoms with van der Waals surface area (Å²) in [6, 6.07) is 17.9. The van der Waals surface area contributed by atoms with E-state index in [0.717, 1.165) is 35.8 Å². The lowest BCUT2D eigenvalue weighted by atomic mass is 10.1. The maximum atomic E-state index is 13.0. The first-order chi connectivity index (χ1) is 19.6. The molecule has 3 aromatic carbocycles. The second-order valence-electron chi connectivity index (χ2n) is 9.39. The molecular weight excluding hydrogens is 579 g/mol. The number of hydrogen-bond acceptors (Lipinski definition) is 7. The van der Waals surface area contributed by atoms with Crippen LogP contribution in [0, 0.1) is 13.8 Å². The summed E-state index contributed by atoms with van der Waals surface area (Å²) >= 11 is 0. The van der Waals surface area contributed by atoms with Crippen LogP contribution in [0.5, 0.6) is 5.75 Å². The van der Waals surface area contributed by atoms with Crippen molar-refractivity contribution in [3.63, 3.8) is 0 Å². The van der Waals surface area contributed by atoms with Crippen LogP contribution < -0.4 is 19.3 Å². The van der Waals surface area contributed by atoms with E-state index in [1.165, 1.54) is 12.1 Å². The number of nitrogens with zero attached hydrogens (tertiary/aromatic N) is 2. The molecule has 0 atom stereocenters. The number of piperazine rings is 1. The Morgan fingerprint density at radius 1 is 0.881 bits per heavy atom. The molecule has 3 aromatic rings. The normalized spacial score (nSPS) is 13.6. The van der Waals surface area contributed by atoms with Gasteiger partial charge in [0.1, 0.15) is 5.75 Å². The molecule has 1 heterocycles. The first-order valence-corrected chi connectivity index (χ1v) is 14.0. The minimum absolute atomic E-state index is 0.0390. The second-order valence-corrected chi connectivity index (χ2v) is 11.0. The van der Waals surface area contributed by atoms with Crippen molar-refractivity contribution >= 4 is 39.0 Å². The highest BCUT2D eigenvalue weighted by Crippen LogP contribution is 2.29. The number of aromatic carboxylic acids is 1. The Balaban J connectivity index is 0.000000616. The van der Waals surface area contributed by atoms with Gasteiger partial charge in [-0.15, -0.1) is 0 Å². The molecule has 1 fully saturated rings. The molecule has 0 amide bonds. The summed E-state index contributed by atoms with van der Waals surface area (Å²) in [5.74, 6) is -3.15. The molecule has 1 saturated heterocycles. The lowest BCUT2D eigenvalue weighted by Crippen LogP contribution is -2.46. The third-order valence-corrected chi connectivity index (χ3v) is 7.92. The van der Waals surface area contributed by atoms with Crippen molar-refractivity contribution in [3.05, 3.63) is 77.4 Å². The summed E-state index contributed by atoms with van der Waals surface area (Å²) < 4.78 is 65.6. The fourth-order valence-corrected chi connectivity index (χ4v) is 5.63. The number of rotatable bonds is 7. The number of carboxylic acid groups (broad SMARTS) is 2. The summed E-state index contributed by atoms with van der Waals surface area (Å²) in [5.41, 5.74) is 3.15. The lowest BCUT2D eigenvalue weighted by Gasteiger charge is -2.37. The molecule has 0 aromatic heterocycles. The molecule has 14 heteroatoms. The predicted molar refractivity (Wildman–Crippen MR) is 151 cm³/mol. The molecule has 0 unspecified atom stereocenters. The molecule has 3 N–H and O–H groups in total. The van der Waals surface area contributed by atoms with Crippen LogP contribution in [0.15, 0.2) is 65.6 Å². The van der Waals surface area contributed by atoms with Crippen molar-refractivity contribution in [1.82, 2.24) is 0 Å². The van der Waals surface area contributed by atoms with E-state index in [1.807, 2.05) is 37.3 Å². The van der Waals surface area contributed by atoms with E-state index < -0.39 is 28.1 Å². The van der Waals surface area contributed by atoms with Gasteiger partial charge < -0.3 is 24.7 Å². The van der Waals surface area contributed by atoms with E-state index in [-0.39, 0.29) is 16.1 Å².